The van der Waals surface area contributed by atoms with Crippen LogP contribution in [0, 0.1) is 0 Å². The molecule has 7 nitrogen and oxygen atoms in total. The maximum atomic E-state index is 5.88. The van der Waals surface area contributed by atoms with E-state index in [1.54, 1.807) is 33.7 Å². The van der Waals surface area contributed by atoms with Gasteiger partial charge in [0.2, 0.25) is 5.75 Å². The molecule has 0 unspecified atom stereocenters. The number of rotatable bonds is 5. The number of aromatic nitrogens is 3. The monoisotopic (exact) mass is 326 g/mol. The van der Waals surface area contributed by atoms with Crippen molar-refractivity contribution >= 4 is 5.95 Å². The third-order valence-electron chi connectivity index (χ3n) is 3.61. The second-order valence-corrected chi connectivity index (χ2v) is 5.00. The van der Waals surface area contributed by atoms with Crippen molar-refractivity contribution in [3.63, 3.8) is 0 Å². The van der Waals surface area contributed by atoms with Crippen LogP contribution in [0.5, 0.6) is 17.2 Å². The number of nitrogens with one attached hydrogen (secondary N) is 1. The number of nitrogens with two attached hydrogens (primary N) is 1. The number of nitrogens with zero attached hydrogens (tertiary/aromatic N) is 2. The summed E-state index contributed by atoms with van der Waals surface area (Å²) in [7, 11) is 4.71. The lowest BCUT2D eigenvalue weighted by molar-refractivity contribution is 0.324. The van der Waals surface area contributed by atoms with Crippen molar-refractivity contribution < 1.29 is 14.2 Å². The Balaban J connectivity index is 2.20. The van der Waals surface area contributed by atoms with E-state index in [4.69, 9.17) is 19.9 Å². The highest BCUT2D eigenvalue weighted by Crippen LogP contribution is 2.42. The van der Waals surface area contributed by atoms with E-state index in [1.807, 2.05) is 24.3 Å². The largest absolute Gasteiger partial charge is 0.493 e. The van der Waals surface area contributed by atoms with E-state index in [-0.39, 0.29) is 0 Å². The molecule has 124 valence electrons. The van der Waals surface area contributed by atoms with E-state index in [0.717, 1.165) is 16.8 Å². The summed E-state index contributed by atoms with van der Waals surface area (Å²) in [5.41, 5.74) is 9.00. The molecular formula is C17H18N4O3. The molecule has 24 heavy (non-hydrogen) atoms. The highest BCUT2D eigenvalue weighted by atomic mass is 16.5. The molecule has 2 aromatic heterocycles. The number of imidazole rings is 1. The maximum absolute atomic E-state index is 5.88. The summed E-state index contributed by atoms with van der Waals surface area (Å²) in [6.45, 7) is 0. The van der Waals surface area contributed by atoms with Crippen LogP contribution in [0.25, 0.3) is 22.5 Å². The van der Waals surface area contributed by atoms with Gasteiger partial charge in [-0.3, -0.25) is 4.98 Å². The Morgan fingerprint density at radius 2 is 1.71 bits per heavy atom. The van der Waals surface area contributed by atoms with E-state index in [1.165, 1.54) is 0 Å². The molecule has 0 amide bonds. The van der Waals surface area contributed by atoms with Gasteiger partial charge in [0.25, 0.3) is 0 Å². The van der Waals surface area contributed by atoms with Gasteiger partial charge in [0, 0.05) is 23.5 Å². The van der Waals surface area contributed by atoms with Gasteiger partial charge >= 0.3 is 0 Å². The summed E-state index contributed by atoms with van der Waals surface area (Å²) < 4.78 is 16.2. The third kappa shape index (κ3) is 2.71. The van der Waals surface area contributed by atoms with Crippen molar-refractivity contribution in [2.75, 3.05) is 27.1 Å². The molecule has 0 saturated carbocycles. The molecule has 1 aromatic carbocycles. The summed E-state index contributed by atoms with van der Waals surface area (Å²) in [4.78, 5) is 11.6. The molecule has 3 rings (SSSR count). The molecule has 0 atom stereocenters. The normalized spacial score (nSPS) is 10.5. The Labute approximate surface area is 139 Å². The predicted octanol–water partition coefficient (Wildman–Crippen LogP) is 2.75. The summed E-state index contributed by atoms with van der Waals surface area (Å²) in [6.07, 6.45) is 3.46. The van der Waals surface area contributed by atoms with E-state index in [2.05, 4.69) is 15.0 Å². The summed E-state index contributed by atoms with van der Waals surface area (Å²) in [5.74, 6) is 1.93. The highest BCUT2D eigenvalue weighted by Gasteiger charge is 2.19. The van der Waals surface area contributed by atoms with Crippen LogP contribution in [-0.4, -0.2) is 36.3 Å². The maximum Gasteiger partial charge on any atom is 0.203 e. The Kier molecular flexibility index (Phi) is 4.24. The molecule has 0 saturated heterocycles. The molecule has 3 N–H and O–H groups in total. The van der Waals surface area contributed by atoms with Crippen LogP contribution < -0.4 is 19.9 Å². The van der Waals surface area contributed by atoms with Gasteiger partial charge in [0.1, 0.15) is 0 Å². The Morgan fingerprint density at radius 3 is 2.25 bits per heavy atom. The number of ether oxygens (including phenoxy) is 3. The first-order chi connectivity index (χ1) is 11.7. The minimum Gasteiger partial charge on any atom is -0.493 e. The van der Waals surface area contributed by atoms with E-state index in [9.17, 15) is 0 Å². The SMILES string of the molecule is COc1cc(-c2nc(N)[nH]c2-c2cccnc2)cc(OC)c1OC. The fraction of sp³-hybridized carbons (Fsp3) is 0.176. The van der Waals surface area contributed by atoms with Gasteiger partial charge < -0.3 is 24.9 Å². The number of pyridine rings is 1. The molecule has 0 radical (unpaired) electrons. The van der Waals surface area contributed by atoms with Crippen LogP contribution in [0.3, 0.4) is 0 Å². The van der Waals surface area contributed by atoms with Gasteiger partial charge in [-0.25, -0.2) is 4.98 Å². The lowest BCUT2D eigenvalue weighted by Crippen LogP contribution is -1.96. The first kappa shape index (κ1) is 15.7. The Hall–Kier alpha value is -3.22. The minimum atomic E-state index is 0.317. The zero-order chi connectivity index (χ0) is 17.1. The molecule has 0 fully saturated rings. The number of nitrogen functional groups attached to an aromatic ring is 1. The molecule has 0 aliphatic carbocycles. The molecule has 0 aliphatic heterocycles. The van der Waals surface area contributed by atoms with Crippen LogP contribution in [0.15, 0.2) is 36.7 Å². The standard InChI is InChI=1S/C17H18N4O3/c1-22-12-7-11(8-13(23-2)16(12)24-3)15-14(20-17(18)21-15)10-5-4-6-19-9-10/h4-9H,1-3H3,(H3,18,20,21). The fourth-order valence-electron chi connectivity index (χ4n) is 2.54. The number of aromatic amines is 1. The zero-order valence-corrected chi connectivity index (χ0v) is 13.7. The Bertz CT molecular complexity index is 821. The number of H-pyrrole nitrogens is 1. The smallest absolute Gasteiger partial charge is 0.203 e. The molecule has 0 spiro atoms. The van der Waals surface area contributed by atoms with Crippen LogP contribution in [0.1, 0.15) is 0 Å². The first-order valence-corrected chi connectivity index (χ1v) is 7.24. The second-order valence-electron chi connectivity index (χ2n) is 5.00. The van der Waals surface area contributed by atoms with E-state index in [0.29, 0.717) is 28.9 Å². The number of anilines is 1. The van der Waals surface area contributed by atoms with Gasteiger partial charge in [0.15, 0.2) is 17.4 Å². The van der Waals surface area contributed by atoms with Crippen molar-refractivity contribution in [1.29, 1.82) is 0 Å². The lowest BCUT2D eigenvalue weighted by atomic mass is 10.1. The third-order valence-corrected chi connectivity index (χ3v) is 3.61. The number of hydrogen-bond acceptors (Lipinski definition) is 6. The van der Waals surface area contributed by atoms with Crippen molar-refractivity contribution in [3.05, 3.63) is 36.7 Å². The van der Waals surface area contributed by atoms with Crippen molar-refractivity contribution in [2.24, 2.45) is 0 Å². The highest BCUT2D eigenvalue weighted by molar-refractivity contribution is 5.81. The average molecular weight is 326 g/mol. The van der Waals surface area contributed by atoms with Crippen LogP contribution in [0.2, 0.25) is 0 Å². The quantitative estimate of drug-likeness (QED) is 0.748. The number of hydrogen-bond donors (Lipinski definition) is 2. The van der Waals surface area contributed by atoms with E-state index >= 15 is 0 Å². The van der Waals surface area contributed by atoms with Gasteiger partial charge in [-0.15, -0.1) is 0 Å². The fourth-order valence-corrected chi connectivity index (χ4v) is 2.54. The second kappa shape index (κ2) is 6.49. The van der Waals surface area contributed by atoms with Crippen LogP contribution >= 0.6 is 0 Å². The zero-order valence-electron chi connectivity index (χ0n) is 13.7. The Morgan fingerprint density at radius 1 is 1.00 bits per heavy atom. The molecule has 2 heterocycles. The predicted molar refractivity (Wildman–Crippen MR) is 91.3 cm³/mol. The summed E-state index contributed by atoms with van der Waals surface area (Å²) >= 11 is 0. The van der Waals surface area contributed by atoms with Gasteiger partial charge in [0.05, 0.1) is 32.7 Å². The lowest BCUT2D eigenvalue weighted by Gasteiger charge is -2.14. The van der Waals surface area contributed by atoms with E-state index < -0.39 is 0 Å². The first-order valence-electron chi connectivity index (χ1n) is 7.24. The minimum absolute atomic E-state index is 0.317. The summed E-state index contributed by atoms with van der Waals surface area (Å²) in [6, 6.07) is 7.44. The van der Waals surface area contributed by atoms with Crippen molar-refractivity contribution in [1.82, 2.24) is 15.0 Å². The molecule has 3 aromatic rings. The number of benzene rings is 1. The van der Waals surface area contributed by atoms with Gasteiger partial charge in [-0.1, -0.05) is 0 Å². The summed E-state index contributed by atoms with van der Waals surface area (Å²) in [5, 5.41) is 0. The molecule has 0 aliphatic rings. The topological polar surface area (TPSA) is 95.3 Å². The number of methoxy groups -OCH3 is 3. The van der Waals surface area contributed by atoms with Crippen molar-refractivity contribution in [3.8, 4) is 39.8 Å². The van der Waals surface area contributed by atoms with Crippen LogP contribution in [-0.2, 0) is 0 Å². The molecular weight excluding hydrogens is 308 g/mol. The molecule has 7 heteroatoms. The molecule has 0 bridgehead atoms. The average Bonchev–Trinajstić information content (AvgIpc) is 3.03. The van der Waals surface area contributed by atoms with Crippen LogP contribution in [0.4, 0.5) is 5.95 Å². The van der Waals surface area contributed by atoms with Crippen molar-refractivity contribution in [2.45, 2.75) is 0 Å². The van der Waals surface area contributed by atoms with Gasteiger partial charge in [-0.05, 0) is 24.3 Å². The van der Waals surface area contributed by atoms with Gasteiger partial charge in [-0.2, -0.15) is 0 Å².